The van der Waals surface area contributed by atoms with Crippen molar-refractivity contribution < 1.29 is 4.52 Å². The van der Waals surface area contributed by atoms with Crippen molar-refractivity contribution in [3.05, 3.63) is 33.0 Å². The Hall–Kier alpha value is -1.37. The first kappa shape index (κ1) is 12.7. The third kappa shape index (κ3) is 1.87. The van der Waals surface area contributed by atoms with Crippen LogP contribution in [0.4, 0.5) is 0 Å². The van der Waals surface area contributed by atoms with E-state index in [1.54, 1.807) is 0 Å². The predicted octanol–water partition coefficient (Wildman–Crippen LogP) is 3.76. The highest BCUT2D eigenvalue weighted by molar-refractivity contribution is 14.1. The summed E-state index contributed by atoms with van der Waals surface area (Å²) < 4.78 is 8.56. The van der Waals surface area contributed by atoms with Crippen LogP contribution in [0.1, 0.15) is 17.3 Å². The maximum Gasteiger partial charge on any atom is 0.141 e. The molecule has 19 heavy (non-hydrogen) atoms. The van der Waals surface area contributed by atoms with Gasteiger partial charge >= 0.3 is 0 Å². The van der Waals surface area contributed by atoms with E-state index in [0.717, 1.165) is 33.9 Å². The summed E-state index contributed by atoms with van der Waals surface area (Å²) in [6.45, 7) is 5.92. The number of rotatable bonds is 1. The number of fused-ring (bicyclic) bond motifs is 1. The number of aromatic nitrogens is 3. The molecule has 1 aromatic carbocycles. The zero-order valence-electron chi connectivity index (χ0n) is 11.3. The lowest BCUT2D eigenvalue weighted by atomic mass is 10.0. The van der Waals surface area contributed by atoms with Crippen LogP contribution in [0.5, 0.6) is 0 Å². The van der Waals surface area contributed by atoms with Gasteiger partial charge in [0.15, 0.2) is 0 Å². The summed E-state index contributed by atoms with van der Waals surface area (Å²) in [6.07, 6.45) is 0. The molecule has 0 atom stereocenters. The number of aryl methyl sites for hydroxylation is 4. The molecule has 0 aliphatic rings. The van der Waals surface area contributed by atoms with E-state index in [2.05, 4.69) is 49.4 Å². The highest BCUT2D eigenvalue weighted by Crippen LogP contribution is 2.32. The Morgan fingerprint density at radius 1 is 1.21 bits per heavy atom. The lowest BCUT2D eigenvalue weighted by Gasteiger charge is -2.04. The number of halogens is 1. The van der Waals surface area contributed by atoms with Crippen molar-refractivity contribution in [2.75, 3.05) is 0 Å². The topological polar surface area (TPSA) is 43.9 Å². The zero-order chi connectivity index (χ0) is 13.7. The van der Waals surface area contributed by atoms with E-state index in [-0.39, 0.29) is 0 Å². The van der Waals surface area contributed by atoms with Crippen molar-refractivity contribution in [3.8, 4) is 11.1 Å². The molecule has 2 heterocycles. The molecule has 0 saturated carbocycles. The minimum absolute atomic E-state index is 0.848. The van der Waals surface area contributed by atoms with E-state index < -0.39 is 0 Å². The monoisotopic (exact) mass is 367 g/mol. The summed E-state index contributed by atoms with van der Waals surface area (Å²) in [5, 5.41) is 4.02. The summed E-state index contributed by atoms with van der Waals surface area (Å²) >= 11 is 2.36. The van der Waals surface area contributed by atoms with Gasteiger partial charge in [0.25, 0.3) is 0 Å². The SMILES string of the molecule is Cc1noc(C)c1-c1cc(I)c2c(c1)nc(C)n2C. The molecular weight excluding hydrogens is 353 g/mol. The van der Waals surface area contributed by atoms with E-state index >= 15 is 0 Å². The molecule has 3 aromatic rings. The standard InChI is InChI=1S/C14H14IN3O/c1-7-13(8(2)19-17-7)10-5-11(15)14-12(6-10)16-9(3)18(14)4/h5-6H,1-4H3. The summed E-state index contributed by atoms with van der Waals surface area (Å²) in [5.41, 5.74) is 5.30. The fraction of sp³-hybridized carbons (Fsp3) is 0.286. The summed E-state index contributed by atoms with van der Waals surface area (Å²) in [6, 6.07) is 4.27. The Morgan fingerprint density at radius 3 is 2.58 bits per heavy atom. The van der Waals surface area contributed by atoms with Gasteiger partial charge in [-0.25, -0.2) is 4.98 Å². The molecule has 5 heteroatoms. The molecular formula is C14H14IN3O. The van der Waals surface area contributed by atoms with Crippen molar-refractivity contribution in [1.82, 2.24) is 14.7 Å². The Bertz CT molecular complexity index is 766. The maximum absolute atomic E-state index is 5.25. The normalized spacial score (nSPS) is 11.4. The zero-order valence-corrected chi connectivity index (χ0v) is 13.4. The molecule has 0 bridgehead atoms. The molecule has 0 unspecified atom stereocenters. The molecule has 0 fully saturated rings. The maximum atomic E-state index is 5.25. The fourth-order valence-corrected chi connectivity index (χ4v) is 3.43. The third-order valence-electron chi connectivity index (χ3n) is 3.47. The Labute approximate surface area is 124 Å². The molecule has 3 rings (SSSR count). The quantitative estimate of drug-likeness (QED) is 0.616. The van der Waals surface area contributed by atoms with E-state index in [4.69, 9.17) is 4.52 Å². The van der Waals surface area contributed by atoms with Crippen LogP contribution >= 0.6 is 22.6 Å². The van der Waals surface area contributed by atoms with Gasteiger partial charge in [-0.2, -0.15) is 0 Å². The van der Waals surface area contributed by atoms with Crippen molar-refractivity contribution >= 4 is 33.6 Å². The van der Waals surface area contributed by atoms with Gasteiger partial charge < -0.3 is 9.09 Å². The average Bonchev–Trinajstić information content (AvgIpc) is 2.81. The van der Waals surface area contributed by atoms with Crippen LogP contribution in [-0.2, 0) is 7.05 Å². The summed E-state index contributed by atoms with van der Waals surface area (Å²) in [5.74, 6) is 1.86. The minimum atomic E-state index is 0.848. The van der Waals surface area contributed by atoms with E-state index in [9.17, 15) is 0 Å². The molecule has 98 valence electrons. The molecule has 4 nitrogen and oxygen atoms in total. The minimum Gasteiger partial charge on any atom is -0.361 e. The molecule has 0 aliphatic carbocycles. The van der Waals surface area contributed by atoms with Crippen molar-refractivity contribution in [2.24, 2.45) is 7.05 Å². The van der Waals surface area contributed by atoms with Gasteiger partial charge in [-0.15, -0.1) is 0 Å². The first-order valence-electron chi connectivity index (χ1n) is 6.05. The second kappa shape index (κ2) is 4.33. The molecule has 0 saturated heterocycles. The van der Waals surface area contributed by atoms with Crippen molar-refractivity contribution in [2.45, 2.75) is 20.8 Å². The Balaban J connectivity index is 2.33. The number of imidazole rings is 1. The van der Waals surface area contributed by atoms with Gasteiger partial charge in [0.2, 0.25) is 0 Å². The smallest absolute Gasteiger partial charge is 0.141 e. The molecule has 0 amide bonds. The molecule has 0 radical (unpaired) electrons. The van der Waals surface area contributed by atoms with Gasteiger partial charge in [-0.05, 0) is 61.1 Å². The second-order valence-corrected chi connectivity index (χ2v) is 5.91. The van der Waals surface area contributed by atoms with Crippen molar-refractivity contribution in [1.29, 1.82) is 0 Å². The van der Waals surface area contributed by atoms with Crippen LogP contribution < -0.4 is 0 Å². The van der Waals surface area contributed by atoms with Crippen LogP contribution in [0, 0.1) is 24.3 Å². The van der Waals surface area contributed by atoms with E-state index in [1.807, 2.05) is 27.8 Å². The van der Waals surface area contributed by atoms with Crippen LogP contribution in [0.3, 0.4) is 0 Å². The highest BCUT2D eigenvalue weighted by atomic mass is 127. The van der Waals surface area contributed by atoms with Gasteiger partial charge in [0.05, 0.1) is 16.7 Å². The van der Waals surface area contributed by atoms with E-state index in [0.29, 0.717) is 0 Å². The summed E-state index contributed by atoms with van der Waals surface area (Å²) in [4.78, 5) is 4.61. The first-order valence-corrected chi connectivity index (χ1v) is 7.12. The largest absolute Gasteiger partial charge is 0.361 e. The highest BCUT2D eigenvalue weighted by Gasteiger charge is 2.15. The molecule has 0 spiro atoms. The average molecular weight is 367 g/mol. The molecule has 0 aliphatic heterocycles. The molecule has 2 aromatic heterocycles. The van der Waals surface area contributed by atoms with Crippen molar-refractivity contribution in [3.63, 3.8) is 0 Å². The number of hydrogen-bond donors (Lipinski definition) is 0. The van der Waals surface area contributed by atoms with Gasteiger partial charge in [-0.3, -0.25) is 0 Å². The summed E-state index contributed by atoms with van der Waals surface area (Å²) in [7, 11) is 2.04. The van der Waals surface area contributed by atoms with Gasteiger partial charge in [-0.1, -0.05) is 5.16 Å². The van der Waals surface area contributed by atoms with E-state index in [1.165, 1.54) is 9.09 Å². The lowest BCUT2D eigenvalue weighted by Crippen LogP contribution is -1.92. The van der Waals surface area contributed by atoms with Crippen LogP contribution in [-0.4, -0.2) is 14.7 Å². The third-order valence-corrected chi connectivity index (χ3v) is 4.29. The number of hydrogen-bond acceptors (Lipinski definition) is 3. The Kier molecular flexibility index (Phi) is 2.88. The lowest BCUT2D eigenvalue weighted by molar-refractivity contribution is 0.393. The van der Waals surface area contributed by atoms with Crippen LogP contribution in [0.25, 0.3) is 22.2 Å². The number of nitrogens with zero attached hydrogens (tertiary/aromatic N) is 3. The second-order valence-electron chi connectivity index (χ2n) is 4.74. The van der Waals surface area contributed by atoms with Gasteiger partial charge in [0, 0.05) is 16.2 Å². The number of benzene rings is 1. The first-order chi connectivity index (χ1) is 8.99. The van der Waals surface area contributed by atoms with Gasteiger partial charge in [0.1, 0.15) is 11.6 Å². The fourth-order valence-electron chi connectivity index (χ4n) is 2.45. The predicted molar refractivity (Wildman–Crippen MR) is 83.1 cm³/mol. The Morgan fingerprint density at radius 2 is 1.95 bits per heavy atom. The van der Waals surface area contributed by atoms with Crippen LogP contribution in [0.15, 0.2) is 16.7 Å². The molecule has 0 N–H and O–H groups in total. The van der Waals surface area contributed by atoms with Crippen LogP contribution in [0.2, 0.25) is 0 Å².